The first-order chi connectivity index (χ1) is 12.3. The fourth-order valence-corrected chi connectivity index (χ4v) is 2.69. The second kappa shape index (κ2) is 8.87. The summed E-state index contributed by atoms with van der Waals surface area (Å²) in [6.07, 6.45) is 6.21. The van der Waals surface area contributed by atoms with Crippen LogP contribution in [0.3, 0.4) is 0 Å². The normalized spacial score (nSPS) is 14.0. The molecule has 25 heavy (non-hydrogen) atoms. The lowest BCUT2D eigenvalue weighted by Crippen LogP contribution is -2.37. The first-order valence-electron chi connectivity index (χ1n) is 8.76. The lowest BCUT2D eigenvalue weighted by atomic mass is 10.2. The molecule has 1 aliphatic rings. The fraction of sp³-hybridized carbons (Fsp3) is 0.300. The van der Waals surface area contributed by atoms with Crippen LogP contribution in [0.25, 0.3) is 0 Å². The van der Waals surface area contributed by atoms with E-state index < -0.39 is 0 Å². The van der Waals surface area contributed by atoms with Gasteiger partial charge in [0.15, 0.2) is 5.96 Å². The molecule has 1 aromatic heterocycles. The van der Waals surface area contributed by atoms with Crippen molar-refractivity contribution < 1.29 is 0 Å². The van der Waals surface area contributed by atoms with Crippen molar-refractivity contribution in [3.05, 3.63) is 72.1 Å². The maximum absolute atomic E-state index is 4.67. The summed E-state index contributed by atoms with van der Waals surface area (Å²) in [5.41, 5.74) is 3.46. The standard InChI is InChI=1S/C20H25N5/c1-2-21-20(24-16-18-7-3-4-12-22-18)23-15-17-8-10-19(11-9-17)25-13-5-6-14-25/h3-12H,2,13-16H2,1H3,(H2,21,23,24). The number of pyridine rings is 1. The van der Waals surface area contributed by atoms with Gasteiger partial charge in [-0.25, -0.2) is 4.99 Å². The number of aliphatic imine (C=N–C) groups is 1. The zero-order chi connectivity index (χ0) is 17.3. The molecule has 5 heteroatoms. The van der Waals surface area contributed by atoms with Crippen LogP contribution in [0.15, 0.2) is 65.8 Å². The Morgan fingerprint density at radius 3 is 2.56 bits per heavy atom. The molecular weight excluding hydrogens is 310 g/mol. The predicted molar refractivity (Wildman–Crippen MR) is 104 cm³/mol. The number of rotatable bonds is 6. The van der Waals surface area contributed by atoms with Gasteiger partial charge in [0.25, 0.3) is 0 Å². The van der Waals surface area contributed by atoms with Gasteiger partial charge in [-0.1, -0.05) is 30.4 Å². The average Bonchev–Trinajstić information content (AvgIpc) is 3.20. The first-order valence-corrected chi connectivity index (χ1v) is 8.76. The molecule has 0 unspecified atom stereocenters. The van der Waals surface area contributed by atoms with Gasteiger partial charge in [0.1, 0.15) is 0 Å². The molecule has 0 amide bonds. The molecule has 0 fully saturated rings. The third kappa shape index (κ3) is 5.08. The minimum absolute atomic E-state index is 0.649. The molecule has 3 rings (SSSR count). The molecule has 0 radical (unpaired) electrons. The Balaban J connectivity index is 1.56. The number of hydrogen-bond acceptors (Lipinski definition) is 3. The van der Waals surface area contributed by atoms with E-state index in [1.807, 2.05) is 18.2 Å². The molecule has 1 aromatic carbocycles. The van der Waals surface area contributed by atoms with E-state index in [1.165, 1.54) is 11.3 Å². The lowest BCUT2D eigenvalue weighted by molar-refractivity contribution is 0.799. The zero-order valence-corrected chi connectivity index (χ0v) is 14.7. The van der Waals surface area contributed by atoms with Crippen LogP contribution in [0.2, 0.25) is 0 Å². The van der Waals surface area contributed by atoms with Crippen LogP contribution in [0.5, 0.6) is 0 Å². The van der Waals surface area contributed by atoms with Crippen LogP contribution in [0, 0.1) is 0 Å². The number of hydrogen-bond donors (Lipinski definition) is 2. The van der Waals surface area contributed by atoms with E-state index in [-0.39, 0.29) is 0 Å². The summed E-state index contributed by atoms with van der Waals surface area (Å²) in [6, 6.07) is 14.6. The van der Waals surface area contributed by atoms with Crippen LogP contribution < -0.4 is 15.5 Å². The summed E-state index contributed by atoms with van der Waals surface area (Å²) in [6.45, 7) is 6.20. The molecule has 2 heterocycles. The van der Waals surface area contributed by atoms with Gasteiger partial charge in [-0.3, -0.25) is 4.98 Å². The van der Waals surface area contributed by atoms with E-state index >= 15 is 0 Å². The molecule has 130 valence electrons. The minimum Gasteiger partial charge on any atom is -0.364 e. The van der Waals surface area contributed by atoms with Crippen molar-refractivity contribution in [2.24, 2.45) is 4.99 Å². The van der Waals surface area contributed by atoms with Crippen LogP contribution in [0.4, 0.5) is 5.69 Å². The Morgan fingerprint density at radius 1 is 1.08 bits per heavy atom. The Kier molecular flexibility index (Phi) is 6.04. The van der Waals surface area contributed by atoms with Gasteiger partial charge in [0, 0.05) is 31.5 Å². The molecule has 2 N–H and O–H groups in total. The quantitative estimate of drug-likeness (QED) is 0.484. The number of guanidine groups is 1. The smallest absolute Gasteiger partial charge is 0.191 e. The fourth-order valence-electron chi connectivity index (χ4n) is 2.69. The molecule has 5 nitrogen and oxygen atoms in total. The highest BCUT2D eigenvalue weighted by atomic mass is 15.2. The highest BCUT2D eigenvalue weighted by molar-refractivity contribution is 5.79. The monoisotopic (exact) mass is 335 g/mol. The Hall–Kier alpha value is -2.82. The summed E-state index contributed by atoms with van der Waals surface area (Å²) in [5.74, 6) is 0.806. The number of nitrogens with zero attached hydrogens (tertiary/aromatic N) is 3. The molecule has 0 spiro atoms. The molecule has 2 aromatic rings. The number of anilines is 1. The van der Waals surface area contributed by atoms with Gasteiger partial charge in [-0.05, 0) is 36.8 Å². The van der Waals surface area contributed by atoms with E-state index in [9.17, 15) is 0 Å². The average molecular weight is 335 g/mol. The van der Waals surface area contributed by atoms with Crippen LogP contribution >= 0.6 is 0 Å². The van der Waals surface area contributed by atoms with Crippen molar-refractivity contribution in [1.29, 1.82) is 0 Å². The third-order valence-corrected chi connectivity index (χ3v) is 4.05. The van der Waals surface area contributed by atoms with E-state index in [2.05, 4.69) is 68.9 Å². The minimum atomic E-state index is 0.649. The van der Waals surface area contributed by atoms with Gasteiger partial charge >= 0.3 is 0 Å². The molecule has 1 aliphatic heterocycles. The van der Waals surface area contributed by atoms with Crippen molar-refractivity contribution in [1.82, 2.24) is 15.6 Å². The molecule has 0 atom stereocenters. The van der Waals surface area contributed by atoms with Gasteiger partial charge < -0.3 is 15.5 Å². The van der Waals surface area contributed by atoms with Crippen LogP contribution in [-0.4, -0.2) is 30.6 Å². The van der Waals surface area contributed by atoms with E-state index in [0.717, 1.165) is 31.3 Å². The first kappa shape index (κ1) is 17.0. The summed E-state index contributed by atoms with van der Waals surface area (Å²) >= 11 is 0. The van der Waals surface area contributed by atoms with E-state index in [0.29, 0.717) is 13.1 Å². The van der Waals surface area contributed by atoms with Crippen molar-refractivity contribution in [2.45, 2.75) is 20.0 Å². The van der Waals surface area contributed by atoms with Crippen LogP contribution in [0.1, 0.15) is 18.2 Å². The Bertz CT molecular complexity index is 699. The summed E-state index contributed by atoms with van der Waals surface area (Å²) in [7, 11) is 0. The van der Waals surface area contributed by atoms with Gasteiger partial charge in [-0.2, -0.15) is 0 Å². The van der Waals surface area contributed by atoms with E-state index in [4.69, 9.17) is 0 Å². The SMILES string of the molecule is CCNC(=NCc1ccc(N2CC=CC2)cc1)NCc1ccccn1. The van der Waals surface area contributed by atoms with Crippen molar-refractivity contribution in [3.8, 4) is 0 Å². The van der Waals surface area contributed by atoms with Crippen molar-refractivity contribution in [3.63, 3.8) is 0 Å². The van der Waals surface area contributed by atoms with Crippen molar-refractivity contribution >= 4 is 11.6 Å². The predicted octanol–water partition coefficient (Wildman–Crippen LogP) is 2.71. The largest absolute Gasteiger partial charge is 0.364 e. The maximum Gasteiger partial charge on any atom is 0.191 e. The zero-order valence-electron chi connectivity index (χ0n) is 14.7. The van der Waals surface area contributed by atoms with Crippen LogP contribution in [-0.2, 0) is 13.1 Å². The maximum atomic E-state index is 4.67. The Labute approximate surface area is 149 Å². The second-order valence-corrected chi connectivity index (χ2v) is 5.91. The summed E-state index contributed by atoms with van der Waals surface area (Å²) < 4.78 is 0. The molecule has 0 bridgehead atoms. The van der Waals surface area contributed by atoms with Gasteiger partial charge in [0.05, 0.1) is 18.8 Å². The highest BCUT2D eigenvalue weighted by Crippen LogP contribution is 2.17. The van der Waals surface area contributed by atoms with E-state index in [1.54, 1.807) is 6.20 Å². The number of nitrogens with one attached hydrogen (secondary N) is 2. The Morgan fingerprint density at radius 2 is 1.88 bits per heavy atom. The van der Waals surface area contributed by atoms with Crippen molar-refractivity contribution in [2.75, 3.05) is 24.5 Å². The molecular formula is C20H25N5. The number of aromatic nitrogens is 1. The molecule has 0 saturated heterocycles. The topological polar surface area (TPSA) is 52.6 Å². The second-order valence-electron chi connectivity index (χ2n) is 5.91. The molecule has 0 saturated carbocycles. The third-order valence-electron chi connectivity index (χ3n) is 4.05. The highest BCUT2D eigenvalue weighted by Gasteiger charge is 2.07. The number of benzene rings is 1. The molecule has 0 aliphatic carbocycles. The van der Waals surface area contributed by atoms with Gasteiger partial charge in [-0.15, -0.1) is 0 Å². The summed E-state index contributed by atoms with van der Waals surface area (Å²) in [5, 5.41) is 6.60. The lowest BCUT2D eigenvalue weighted by Gasteiger charge is -2.17. The summed E-state index contributed by atoms with van der Waals surface area (Å²) in [4.78, 5) is 11.3. The van der Waals surface area contributed by atoms with Gasteiger partial charge in [0.2, 0.25) is 0 Å².